The van der Waals surface area contributed by atoms with Gasteiger partial charge in [0.25, 0.3) is 0 Å². The number of aliphatic hydroxyl groups excluding tert-OH is 1. The summed E-state index contributed by atoms with van der Waals surface area (Å²) in [6, 6.07) is 14.6. The van der Waals surface area contributed by atoms with Crippen LogP contribution in [0, 0.1) is 13.8 Å². The van der Waals surface area contributed by atoms with Crippen LogP contribution in [-0.2, 0) is 38.1 Å². The van der Waals surface area contributed by atoms with Crippen LogP contribution in [0.3, 0.4) is 0 Å². The third kappa shape index (κ3) is 12.4. The first-order chi connectivity index (χ1) is 17.7. The van der Waals surface area contributed by atoms with Crippen molar-refractivity contribution >= 4 is 23.9 Å². The Hall–Kier alpha value is -4.12. The summed E-state index contributed by atoms with van der Waals surface area (Å²) in [5, 5.41) is 9.74. The van der Waals surface area contributed by atoms with Gasteiger partial charge < -0.3 is 33.5 Å². The molecule has 0 heterocycles. The fourth-order valence-corrected chi connectivity index (χ4v) is 2.65. The Labute approximate surface area is 214 Å². The van der Waals surface area contributed by atoms with Crippen molar-refractivity contribution in [3.63, 3.8) is 0 Å². The van der Waals surface area contributed by atoms with Crippen molar-refractivity contribution in [3.8, 4) is 11.5 Å². The first-order valence-electron chi connectivity index (χ1n) is 11.4. The molecule has 37 heavy (non-hydrogen) atoms. The largest absolute Gasteiger partial charge is 0.490 e. The molecule has 1 unspecified atom stereocenters. The van der Waals surface area contributed by atoms with Crippen molar-refractivity contribution in [2.75, 3.05) is 39.6 Å². The molecule has 0 saturated heterocycles. The number of hydrogen-bond acceptors (Lipinski definition) is 11. The predicted octanol–water partition coefficient (Wildman–Crippen LogP) is 1.69. The van der Waals surface area contributed by atoms with Crippen molar-refractivity contribution in [1.82, 2.24) is 0 Å². The van der Waals surface area contributed by atoms with Gasteiger partial charge in [-0.15, -0.1) is 0 Å². The van der Waals surface area contributed by atoms with Crippen LogP contribution in [0.4, 0.5) is 0 Å². The summed E-state index contributed by atoms with van der Waals surface area (Å²) in [6.07, 6.45) is -2.66. The monoisotopic (exact) mass is 518 g/mol. The van der Waals surface area contributed by atoms with Crippen molar-refractivity contribution in [2.45, 2.75) is 26.4 Å². The number of benzene rings is 2. The standard InChI is InChI=1S/C26H30O11/c1-18-3-7-20(8-4-18)32-11-13-34-24(29)16-36-23(28)15-22(27)26(31)37-17-25(30)35-14-12-33-21-9-5-19(2)6-10-21/h3-10,22,27H,11-17H2,1-2H3. The molecule has 11 nitrogen and oxygen atoms in total. The van der Waals surface area contributed by atoms with Gasteiger partial charge in [0.1, 0.15) is 37.9 Å². The molecular weight excluding hydrogens is 488 g/mol. The van der Waals surface area contributed by atoms with E-state index in [9.17, 15) is 24.3 Å². The van der Waals surface area contributed by atoms with Crippen molar-refractivity contribution in [3.05, 3.63) is 59.7 Å². The van der Waals surface area contributed by atoms with Gasteiger partial charge in [-0.2, -0.15) is 0 Å². The summed E-state index contributed by atoms with van der Waals surface area (Å²) in [5.41, 5.74) is 2.16. The van der Waals surface area contributed by atoms with Gasteiger partial charge in [-0.25, -0.2) is 14.4 Å². The second-order valence-electron chi connectivity index (χ2n) is 7.75. The Kier molecular flexibility index (Phi) is 12.4. The topological polar surface area (TPSA) is 144 Å². The van der Waals surface area contributed by atoms with Gasteiger partial charge in [0.05, 0.1) is 6.42 Å². The highest BCUT2D eigenvalue weighted by molar-refractivity contribution is 5.84. The number of hydrogen-bond donors (Lipinski definition) is 1. The van der Waals surface area contributed by atoms with E-state index < -0.39 is 49.6 Å². The zero-order chi connectivity index (χ0) is 27.0. The fourth-order valence-electron chi connectivity index (χ4n) is 2.65. The number of esters is 4. The molecule has 11 heteroatoms. The summed E-state index contributed by atoms with van der Waals surface area (Å²) in [6.45, 7) is 2.48. The summed E-state index contributed by atoms with van der Waals surface area (Å²) >= 11 is 0. The highest BCUT2D eigenvalue weighted by Gasteiger charge is 2.23. The van der Waals surface area contributed by atoms with Crippen molar-refractivity contribution < 1.29 is 52.7 Å². The average molecular weight is 519 g/mol. The number of carbonyl (C=O) groups is 4. The average Bonchev–Trinajstić information content (AvgIpc) is 2.88. The Balaban J connectivity index is 1.51. The number of ether oxygens (including phenoxy) is 6. The SMILES string of the molecule is Cc1ccc(OCCOC(=O)COC(=O)CC(O)C(=O)OCC(=O)OCCOc2ccc(C)cc2)cc1. The molecule has 2 rings (SSSR count). The molecule has 1 N–H and O–H groups in total. The van der Waals surface area contributed by atoms with Gasteiger partial charge >= 0.3 is 23.9 Å². The first kappa shape index (κ1) is 29.1. The van der Waals surface area contributed by atoms with Crippen molar-refractivity contribution in [1.29, 1.82) is 0 Å². The highest BCUT2D eigenvalue weighted by atomic mass is 16.6. The highest BCUT2D eigenvalue weighted by Crippen LogP contribution is 2.12. The number of aliphatic hydroxyl groups is 1. The van der Waals surface area contributed by atoms with Gasteiger partial charge in [0.15, 0.2) is 19.3 Å². The van der Waals surface area contributed by atoms with Crippen LogP contribution in [0.1, 0.15) is 17.5 Å². The Bertz CT molecular complexity index is 1020. The van der Waals surface area contributed by atoms with Crippen LogP contribution in [-0.4, -0.2) is 74.7 Å². The van der Waals surface area contributed by atoms with Gasteiger partial charge in [0.2, 0.25) is 0 Å². The van der Waals surface area contributed by atoms with Crippen LogP contribution in [0.2, 0.25) is 0 Å². The molecular formula is C26H30O11. The van der Waals surface area contributed by atoms with Crippen LogP contribution in [0.25, 0.3) is 0 Å². The summed E-state index contributed by atoms with van der Waals surface area (Å²) in [4.78, 5) is 46.8. The molecule has 1 atom stereocenters. The molecule has 0 aliphatic rings. The molecule has 0 fully saturated rings. The van der Waals surface area contributed by atoms with Crippen LogP contribution < -0.4 is 9.47 Å². The Morgan fingerprint density at radius 1 is 0.622 bits per heavy atom. The maximum atomic E-state index is 11.8. The lowest BCUT2D eigenvalue weighted by molar-refractivity contribution is -0.168. The second kappa shape index (κ2) is 15.8. The molecule has 0 aliphatic heterocycles. The first-order valence-corrected chi connectivity index (χ1v) is 11.4. The van der Waals surface area contributed by atoms with Gasteiger partial charge in [-0.3, -0.25) is 4.79 Å². The van der Waals surface area contributed by atoms with Crippen LogP contribution in [0.5, 0.6) is 11.5 Å². The van der Waals surface area contributed by atoms with E-state index >= 15 is 0 Å². The van der Waals surface area contributed by atoms with E-state index in [-0.39, 0.29) is 26.4 Å². The molecule has 2 aromatic carbocycles. The van der Waals surface area contributed by atoms with E-state index in [1.807, 2.05) is 38.1 Å². The fraction of sp³-hybridized carbons (Fsp3) is 0.385. The summed E-state index contributed by atoms with van der Waals surface area (Å²) in [5.74, 6) is -2.71. The van der Waals surface area contributed by atoms with E-state index in [1.165, 1.54) is 0 Å². The predicted molar refractivity (Wildman–Crippen MR) is 128 cm³/mol. The minimum absolute atomic E-state index is 0.0621. The lowest BCUT2D eigenvalue weighted by atomic mass is 10.2. The zero-order valence-corrected chi connectivity index (χ0v) is 20.7. The van der Waals surface area contributed by atoms with E-state index in [1.54, 1.807) is 24.3 Å². The van der Waals surface area contributed by atoms with Crippen LogP contribution >= 0.6 is 0 Å². The molecule has 2 aromatic rings. The van der Waals surface area contributed by atoms with Crippen LogP contribution in [0.15, 0.2) is 48.5 Å². The lowest BCUT2D eigenvalue weighted by Crippen LogP contribution is -2.30. The summed E-state index contributed by atoms with van der Waals surface area (Å²) in [7, 11) is 0. The Morgan fingerprint density at radius 3 is 1.51 bits per heavy atom. The Morgan fingerprint density at radius 2 is 1.05 bits per heavy atom. The molecule has 0 aliphatic carbocycles. The number of rotatable bonds is 15. The normalized spacial score (nSPS) is 11.1. The van der Waals surface area contributed by atoms with E-state index in [2.05, 4.69) is 9.47 Å². The second-order valence-corrected chi connectivity index (χ2v) is 7.75. The van der Waals surface area contributed by atoms with E-state index in [4.69, 9.17) is 18.9 Å². The quantitative estimate of drug-likeness (QED) is 0.209. The molecule has 0 saturated carbocycles. The van der Waals surface area contributed by atoms with Gasteiger partial charge in [-0.05, 0) is 38.1 Å². The van der Waals surface area contributed by atoms with Gasteiger partial charge in [-0.1, -0.05) is 35.4 Å². The smallest absolute Gasteiger partial charge is 0.344 e. The van der Waals surface area contributed by atoms with E-state index in [0.717, 1.165) is 11.1 Å². The maximum absolute atomic E-state index is 11.8. The summed E-state index contributed by atoms with van der Waals surface area (Å²) < 4.78 is 29.8. The molecule has 200 valence electrons. The zero-order valence-electron chi connectivity index (χ0n) is 20.7. The molecule has 0 spiro atoms. The minimum atomic E-state index is -1.89. The molecule has 0 aromatic heterocycles. The van der Waals surface area contributed by atoms with Gasteiger partial charge in [0, 0.05) is 0 Å². The molecule has 0 bridgehead atoms. The van der Waals surface area contributed by atoms with Crippen molar-refractivity contribution in [2.24, 2.45) is 0 Å². The molecule has 0 amide bonds. The lowest BCUT2D eigenvalue weighted by Gasteiger charge is -2.11. The third-order valence-electron chi connectivity index (χ3n) is 4.59. The minimum Gasteiger partial charge on any atom is -0.490 e. The van der Waals surface area contributed by atoms with E-state index in [0.29, 0.717) is 11.5 Å². The number of aryl methyl sites for hydroxylation is 2. The number of carbonyl (C=O) groups excluding carboxylic acids is 4. The molecule has 0 radical (unpaired) electrons. The maximum Gasteiger partial charge on any atom is 0.344 e. The third-order valence-corrected chi connectivity index (χ3v) is 4.59.